The average Bonchev–Trinajstić information content (AvgIpc) is 2.27. The normalized spacial score (nSPS) is 17.9. The fourth-order valence-electron chi connectivity index (χ4n) is 2.79. The highest BCUT2D eigenvalue weighted by Gasteiger charge is 2.39. The molecule has 2 heteroatoms. The highest BCUT2D eigenvalue weighted by molar-refractivity contribution is 5.41. The first-order chi connectivity index (χ1) is 8.86. The molecule has 0 heterocycles. The number of nitrogens with two attached hydrogens (primary N) is 1. The fourth-order valence-corrected chi connectivity index (χ4v) is 2.79. The van der Waals surface area contributed by atoms with E-state index in [9.17, 15) is 0 Å². The molecule has 1 saturated carbocycles. The summed E-state index contributed by atoms with van der Waals surface area (Å²) in [4.78, 5) is 0. The highest BCUT2D eigenvalue weighted by atomic mass is 16.5. The number of aryl methyl sites for hydroxylation is 1. The molecule has 1 fully saturated rings. The molecule has 0 saturated heterocycles. The van der Waals surface area contributed by atoms with E-state index in [4.69, 9.17) is 10.5 Å². The largest absolute Gasteiger partial charge is 0.487 e. The van der Waals surface area contributed by atoms with Gasteiger partial charge in [0.15, 0.2) is 0 Å². The second-order valence-corrected chi connectivity index (χ2v) is 6.93. The Morgan fingerprint density at radius 3 is 2.42 bits per heavy atom. The predicted octanol–water partition coefficient (Wildman–Crippen LogP) is 3.94. The monoisotopic (exact) mass is 261 g/mol. The van der Waals surface area contributed by atoms with Gasteiger partial charge in [-0.1, -0.05) is 38.5 Å². The Hall–Kier alpha value is -1.02. The van der Waals surface area contributed by atoms with Crippen molar-refractivity contribution in [1.29, 1.82) is 0 Å². The van der Waals surface area contributed by atoms with Crippen LogP contribution < -0.4 is 10.5 Å². The molecule has 0 amide bonds. The Morgan fingerprint density at radius 1 is 1.26 bits per heavy atom. The Balaban J connectivity index is 2.29. The van der Waals surface area contributed by atoms with Crippen molar-refractivity contribution in [2.45, 2.75) is 64.4 Å². The third-order valence-electron chi connectivity index (χ3n) is 4.13. The number of hydrogen-bond donors (Lipinski definition) is 1. The molecule has 1 aromatic carbocycles. The number of hydrogen-bond acceptors (Lipinski definition) is 2. The topological polar surface area (TPSA) is 35.2 Å². The van der Waals surface area contributed by atoms with E-state index in [0.29, 0.717) is 6.54 Å². The lowest BCUT2D eigenvalue weighted by Gasteiger charge is -2.43. The van der Waals surface area contributed by atoms with Crippen LogP contribution in [-0.2, 0) is 5.41 Å². The van der Waals surface area contributed by atoms with Crippen molar-refractivity contribution in [2.75, 3.05) is 6.54 Å². The molecule has 0 aliphatic heterocycles. The summed E-state index contributed by atoms with van der Waals surface area (Å²) in [6, 6.07) is 6.52. The van der Waals surface area contributed by atoms with Crippen LogP contribution in [0.1, 0.15) is 57.6 Å². The molecule has 1 aliphatic rings. The van der Waals surface area contributed by atoms with Gasteiger partial charge in [-0.3, -0.25) is 0 Å². The number of rotatable bonds is 4. The molecule has 2 rings (SSSR count). The van der Waals surface area contributed by atoms with E-state index in [0.717, 1.165) is 25.0 Å². The van der Waals surface area contributed by atoms with E-state index >= 15 is 0 Å². The maximum Gasteiger partial charge on any atom is 0.123 e. The van der Waals surface area contributed by atoms with Gasteiger partial charge in [0.25, 0.3) is 0 Å². The van der Waals surface area contributed by atoms with Crippen LogP contribution in [0, 0.1) is 6.92 Å². The summed E-state index contributed by atoms with van der Waals surface area (Å²) in [5.74, 6) is 1.05. The van der Waals surface area contributed by atoms with Gasteiger partial charge < -0.3 is 10.5 Å². The molecule has 1 aromatic rings. The molecule has 1 aliphatic carbocycles. The second kappa shape index (κ2) is 5.16. The Labute approximate surface area is 117 Å². The van der Waals surface area contributed by atoms with Crippen molar-refractivity contribution < 1.29 is 4.74 Å². The minimum Gasteiger partial charge on any atom is -0.487 e. The maximum atomic E-state index is 6.41. The fraction of sp³-hybridized carbons (Fsp3) is 0.647. The van der Waals surface area contributed by atoms with Crippen LogP contribution in [0.25, 0.3) is 0 Å². The molecule has 0 bridgehead atoms. The van der Waals surface area contributed by atoms with Crippen LogP contribution >= 0.6 is 0 Å². The molecular weight excluding hydrogens is 234 g/mol. The molecule has 0 atom stereocenters. The first-order valence-electron chi connectivity index (χ1n) is 7.37. The molecule has 0 unspecified atom stereocenters. The van der Waals surface area contributed by atoms with E-state index in [-0.39, 0.29) is 11.0 Å². The van der Waals surface area contributed by atoms with Crippen LogP contribution in [0.2, 0.25) is 0 Å². The summed E-state index contributed by atoms with van der Waals surface area (Å²) in [5, 5.41) is 0. The third kappa shape index (κ3) is 3.11. The highest BCUT2D eigenvalue weighted by Crippen LogP contribution is 2.42. The molecule has 0 radical (unpaired) electrons. The lowest BCUT2D eigenvalue weighted by atomic mass is 9.77. The summed E-state index contributed by atoms with van der Waals surface area (Å²) in [7, 11) is 0. The van der Waals surface area contributed by atoms with Gasteiger partial charge in [0.2, 0.25) is 0 Å². The Morgan fingerprint density at radius 2 is 1.95 bits per heavy atom. The van der Waals surface area contributed by atoms with Crippen molar-refractivity contribution in [3.63, 3.8) is 0 Å². The van der Waals surface area contributed by atoms with E-state index in [2.05, 4.69) is 45.9 Å². The number of benzene rings is 1. The Bertz CT molecular complexity index is 441. The minimum atomic E-state index is 0.00398. The summed E-state index contributed by atoms with van der Waals surface area (Å²) in [6.45, 7) is 9.57. The van der Waals surface area contributed by atoms with E-state index in [1.54, 1.807) is 0 Å². The van der Waals surface area contributed by atoms with Crippen molar-refractivity contribution in [3.8, 4) is 5.75 Å². The van der Waals surface area contributed by atoms with Gasteiger partial charge in [0.05, 0.1) is 0 Å². The lowest BCUT2D eigenvalue weighted by molar-refractivity contribution is -0.0138. The Kier molecular flexibility index (Phi) is 3.91. The van der Waals surface area contributed by atoms with E-state index < -0.39 is 0 Å². The summed E-state index contributed by atoms with van der Waals surface area (Å²) in [5.41, 5.74) is 8.45. The number of ether oxygens (including phenoxy) is 1. The van der Waals surface area contributed by atoms with Crippen LogP contribution in [0.3, 0.4) is 0 Å². The third-order valence-corrected chi connectivity index (χ3v) is 4.13. The lowest BCUT2D eigenvalue weighted by Crippen LogP contribution is -2.45. The molecule has 0 spiro atoms. The van der Waals surface area contributed by atoms with Gasteiger partial charge in [-0.15, -0.1) is 0 Å². The summed E-state index contributed by atoms with van der Waals surface area (Å²) < 4.78 is 6.41. The van der Waals surface area contributed by atoms with Gasteiger partial charge in [0.1, 0.15) is 11.4 Å². The summed E-state index contributed by atoms with van der Waals surface area (Å²) in [6.07, 6.45) is 4.50. The zero-order valence-electron chi connectivity index (χ0n) is 12.8. The molecule has 106 valence electrons. The first-order valence-corrected chi connectivity index (χ1v) is 7.37. The van der Waals surface area contributed by atoms with Crippen LogP contribution in [-0.4, -0.2) is 12.1 Å². The summed E-state index contributed by atoms with van der Waals surface area (Å²) >= 11 is 0. The molecule has 0 aromatic heterocycles. The molecular formula is C17H27NO. The van der Waals surface area contributed by atoms with Crippen molar-refractivity contribution in [3.05, 3.63) is 29.3 Å². The van der Waals surface area contributed by atoms with Crippen LogP contribution in [0.15, 0.2) is 18.2 Å². The molecule has 19 heavy (non-hydrogen) atoms. The van der Waals surface area contributed by atoms with E-state index in [1.807, 2.05) is 0 Å². The van der Waals surface area contributed by atoms with Crippen LogP contribution in [0.4, 0.5) is 0 Å². The minimum absolute atomic E-state index is 0.00398. The smallest absolute Gasteiger partial charge is 0.123 e. The molecule has 2 nitrogen and oxygen atoms in total. The van der Waals surface area contributed by atoms with Gasteiger partial charge in [-0.25, -0.2) is 0 Å². The van der Waals surface area contributed by atoms with E-state index in [1.165, 1.54) is 17.5 Å². The van der Waals surface area contributed by atoms with Gasteiger partial charge in [-0.05, 0) is 56.2 Å². The zero-order valence-corrected chi connectivity index (χ0v) is 12.8. The first kappa shape index (κ1) is 14.4. The average molecular weight is 261 g/mol. The van der Waals surface area contributed by atoms with Gasteiger partial charge in [0, 0.05) is 0 Å². The van der Waals surface area contributed by atoms with Crippen molar-refractivity contribution >= 4 is 0 Å². The van der Waals surface area contributed by atoms with Crippen LogP contribution in [0.5, 0.6) is 5.75 Å². The second-order valence-electron chi connectivity index (χ2n) is 6.93. The SMILES string of the molecule is Cc1ccc(OC2(CCN)CCC2)c(C(C)(C)C)c1. The quantitative estimate of drug-likeness (QED) is 0.891. The standard InChI is InChI=1S/C17H27NO/c1-13-6-7-15(14(12-13)16(2,3)4)19-17(10-11-18)8-5-9-17/h6-7,12H,5,8-11,18H2,1-4H3. The van der Waals surface area contributed by atoms with Gasteiger partial charge >= 0.3 is 0 Å². The maximum absolute atomic E-state index is 6.41. The predicted molar refractivity (Wildman–Crippen MR) is 80.8 cm³/mol. The van der Waals surface area contributed by atoms with Crippen molar-refractivity contribution in [1.82, 2.24) is 0 Å². The zero-order chi connectivity index (χ0) is 14.1. The molecule has 2 N–H and O–H groups in total. The van der Waals surface area contributed by atoms with Gasteiger partial charge in [-0.2, -0.15) is 0 Å². The van der Waals surface area contributed by atoms with Crippen molar-refractivity contribution in [2.24, 2.45) is 5.73 Å².